The van der Waals surface area contributed by atoms with Gasteiger partial charge in [0.25, 0.3) is 0 Å². The molecule has 1 aliphatic heterocycles. The third kappa shape index (κ3) is 2.45. The van der Waals surface area contributed by atoms with Crippen molar-refractivity contribution >= 4 is 0 Å². The number of hydrogen-bond acceptors (Lipinski definition) is 4. The summed E-state index contributed by atoms with van der Waals surface area (Å²) in [6.45, 7) is 5.01. The molecule has 1 fully saturated rings. The summed E-state index contributed by atoms with van der Waals surface area (Å²) in [5, 5.41) is 9.96. The Hall–Kier alpha value is -0.160. The lowest BCUT2D eigenvalue weighted by molar-refractivity contribution is -0.243. The lowest BCUT2D eigenvalue weighted by Crippen LogP contribution is -2.54. The van der Waals surface area contributed by atoms with Gasteiger partial charge >= 0.3 is 0 Å². The van der Waals surface area contributed by atoms with Crippen LogP contribution in [-0.4, -0.2) is 55.2 Å². The quantitative estimate of drug-likeness (QED) is 0.723. The highest BCUT2D eigenvalue weighted by molar-refractivity contribution is 4.85. The van der Waals surface area contributed by atoms with E-state index in [1.54, 1.807) is 7.11 Å². The van der Waals surface area contributed by atoms with Crippen LogP contribution in [0.4, 0.5) is 0 Å². The molecular weight excluding hydrogens is 182 g/mol. The van der Waals surface area contributed by atoms with Gasteiger partial charge in [-0.25, -0.2) is 0 Å². The number of aliphatic hydroxyl groups is 1. The summed E-state index contributed by atoms with van der Waals surface area (Å²) in [4.78, 5) is 2.13. The molecule has 0 radical (unpaired) electrons. The number of methoxy groups -OCH3 is 1. The van der Waals surface area contributed by atoms with Crippen LogP contribution in [0, 0.1) is 0 Å². The fourth-order valence-electron chi connectivity index (χ4n) is 1.90. The Labute approximate surface area is 85.8 Å². The van der Waals surface area contributed by atoms with Crippen LogP contribution in [0.15, 0.2) is 0 Å². The predicted molar refractivity (Wildman–Crippen MR) is 54.1 cm³/mol. The molecule has 4 nitrogen and oxygen atoms in total. The van der Waals surface area contributed by atoms with E-state index in [0.29, 0.717) is 0 Å². The molecule has 84 valence electrons. The topological polar surface area (TPSA) is 41.9 Å². The van der Waals surface area contributed by atoms with Gasteiger partial charge < -0.3 is 19.5 Å². The smallest absolute Gasteiger partial charge is 0.184 e. The van der Waals surface area contributed by atoms with Crippen LogP contribution in [0.25, 0.3) is 0 Å². The van der Waals surface area contributed by atoms with Crippen LogP contribution in [0.5, 0.6) is 0 Å². The summed E-state index contributed by atoms with van der Waals surface area (Å²) in [5.74, 6) is 0. The maximum Gasteiger partial charge on any atom is 0.184 e. The molecule has 1 rings (SSSR count). The van der Waals surface area contributed by atoms with E-state index in [-0.39, 0.29) is 12.1 Å². The normalized spacial score (nSPS) is 39.0. The van der Waals surface area contributed by atoms with Crippen molar-refractivity contribution in [3.63, 3.8) is 0 Å². The van der Waals surface area contributed by atoms with E-state index in [1.807, 2.05) is 14.0 Å². The Bertz CT molecular complexity index is 177. The second-order valence-corrected chi connectivity index (χ2v) is 3.92. The van der Waals surface area contributed by atoms with Gasteiger partial charge in [0.1, 0.15) is 6.10 Å². The standard InChI is InChI=1S/C10H21NO3/c1-5-11(3)8-6-7(2)14-10(13-4)9(8)12/h7-10,12H,5-6H2,1-4H3/t7-,8+,9-,10-/m1/s1. The molecule has 1 heterocycles. The number of hydrogen-bond donors (Lipinski definition) is 1. The van der Waals surface area contributed by atoms with Gasteiger partial charge in [-0.1, -0.05) is 6.92 Å². The Morgan fingerprint density at radius 2 is 2.21 bits per heavy atom. The summed E-state index contributed by atoms with van der Waals surface area (Å²) in [5.41, 5.74) is 0. The monoisotopic (exact) mass is 203 g/mol. The molecule has 0 saturated carbocycles. The lowest BCUT2D eigenvalue weighted by atomic mass is 9.99. The van der Waals surface area contributed by atoms with E-state index in [2.05, 4.69) is 11.8 Å². The number of rotatable bonds is 3. The Kier molecular flexibility index (Phi) is 4.31. The van der Waals surface area contributed by atoms with Gasteiger partial charge in [0.05, 0.1) is 6.10 Å². The molecule has 0 spiro atoms. The van der Waals surface area contributed by atoms with Crippen LogP contribution in [0.1, 0.15) is 20.3 Å². The average Bonchev–Trinajstić information content (AvgIpc) is 2.19. The van der Waals surface area contributed by atoms with Crippen molar-refractivity contribution in [3.8, 4) is 0 Å². The van der Waals surface area contributed by atoms with Gasteiger partial charge in [-0.05, 0) is 26.9 Å². The third-order valence-electron chi connectivity index (χ3n) is 2.91. The van der Waals surface area contributed by atoms with Crippen molar-refractivity contribution in [3.05, 3.63) is 0 Å². The highest BCUT2D eigenvalue weighted by Gasteiger charge is 2.37. The number of aliphatic hydroxyl groups excluding tert-OH is 1. The Balaban J connectivity index is 2.64. The van der Waals surface area contributed by atoms with Gasteiger partial charge in [-0.15, -0.1) is 0 Å². The maximum atomic E-state index is 9.96. The van der Waals surface area contributed by atoms with Crippen LogP contribution in [-0.2, 0) is 9.47 Å². The second-order valence-electron chi connectivity index (χ2n) is 3.92. The van der Waals surface area contributed by atoms with E-state index < -0.39 is 12.4 Å². The van der Waals surface area contributed by atoms with Gasteiger partial charge in [0.2, 0.25) is 0 Å². The number of nitrogens with zero attached hydrogens (tertiary/aromatic N) is 1. The van der Waals surface area contributed by atoms with E-state index in [1.165, 1.54) is 0 Å². The number of likely N-dealkylation sites (N-methyl/N-ethyl adjacent to an activating group) is 1. The summed E-state index contributed by atoms with van der Waals surface area (Å²) in [7, 11) is 3.58. The highest BCUT2D eigenvalue weighted by Crippen LogP contribution is 2.23. The molecule has 0 aromatic heterocycles. The molecule has 4 atom stereocenters. The van der Waals surface area contributed by atoms with Gasteiger partial charge in [0, 0.05) is 13.2 Å². The maximum absolute atomic E-state index is 9.96. The van der Waals surface area contributed by atoms with Crippen LogP contribution >= 0.6 is 0 Å². The highest BCUT2D eigenvalue weighted by atomic mass is 16.7. The predicted octanol–water partition coefficient (Wildman–Crippen LogP) is 0.449. The zero-order valence-corrected chi connectivity index (χ0v) is 9.43. The van der Waals surface area contributed by atoms with Crippen LogP contribution in [0.3, 0.4) is 0 Å². The Morgan fingerprint density at radius 3 is 2.71 bits per heavy atom. The number of ether oxygens (including phenoxy) is 2. The summed E-state index contributed by atoms with van der Waals surface area (Å²) < 4.78 is 10.6. The van der Waals surface area contributed by atoms with Gasteiger partial charge in [0.15, 0.2) is 6.29 Å². The van der Waals surface area contributed by atoms with Crippen molar-refractivity contribution < 1.29 is 14.6 Å². The average molecular weight is 203 g/mol. The molecule has 0 unspecified atom stereocenters. The zero-order chi connectivity index (χ0) is 10.7. The van der Waals surface area contributed by atoms with Crippen molar-refractivity contribution in [1.29, 1.82) is 0 Å². The van der Waals surface area contributed by atoms with Crippen LogP contribution in [0.2, 0.25) is 0 Å². The summed E-state index contributed by atoms with van der Waals surface area (Å²) in [6.07, 6.45) is -0.0491. The molecule has 0 aromatic carbocycles. The van der Waals surface area contributed by atoms with Gasteiger partial charge in [-0.2, -0.15) is 0 Å². The van der Waals surface area contributed by atoms with E-state index >= 15 is 0 Å². The van der Waals surface area contributed by atoms with E-state index in [9.17, 15) is 5.11 Å². The van der Waals surface area contributed by atoms with Crippen LogP contribution < -0.4 is 0 Å². The largest absolute Gasteiger partial charge is 0.386 e. The summed E-state index contributed by atoms with van der Waals surface area (Å²) in [6, 6.07) is 0.133. The first-order valence-corrected chi connectivity index (χ1v) is 5.16. The first-order valence-electron chi connectivity index (χ1n) is 5.16. The minimum absolute atomic E-state index is 0.133. The minimum atomic E-state index is -0.554. The van der Waals surface area contributed by atoms with Gasteiger partial charge in [-0.3, -0.25) is 0 Å². The Morgan fingerprint density at radius 1 is 1.57 bits per heavy atom. The SMILES string of the molecule is CCN(C)[C@H]1C[C@@H](C)O[C@@H](OC)[C@@H]1O. The molecule has 0 amide bonds. The van der Waals surface area contributed by atoms with E-state index in [0.717, 1.165) is 13.0 Å². The second kappa shape index (κ2) is 5.07. The minimum Gasteiger partial charge on any atom is -0.386 e. The fraction of sp³-hybridized carbons (Fsp3) is 1.00. The molecule has 0 aliphatic carbocycles. The van der Waals surface area contributed by atoms with Crippen molar-refractivity contribution in [2.75, 3.05) is 20.7 Å². The molecule has 1 N–H and O–H groups in total. The van der Waals surface area contributed by atoms with Crippen molar-refractivity contribution in [2.45, 2.75) is 44.8 Å². The molecule has 4 heteroatoms. The first-order chi connectivity index (χ1) is 6.60. The van der Waals surface area contributed by atoms with Crippen molar-refractivity contribution in [2.24, 2.45) is 0 Å². The summed E-state index contributed by atoms with van der Waals surface area (Å²) >= 11 is 0. The molecule has 0 aromatic rings. The molecule has 0 bridgehead atoms. The lowest BCUT2D eigenvalue weighted by Gasteiger charge is -2.41. The van der Waals surface area contributed by atoms with E-state index in [4.69, 9.17) is 9.47 Å². The molecular formula is C10H21NO3. The molecule has 1 saturated heterocycles. The molecule has 14 heavy (non-hydrogen) atoms. The van der Waals surface area contributed by atoms with Crippen molar-refractivity contribution in [1.82, 2.24) is 4.90 Å². The third-order valence-corrected chi connectivity index (χ3v) is 2.91. The fourth-order valence-corrected chi connectivity index (χ4v) is 1.90. The first kappa shape index (κ1) is 11.9. The zero-order valence-electron chi connectivity index (χ0n) is 9.43. The molecule has 1 aliphatic rings.